The van der Waals surface area contributed by atoms with Crippen LogP contribution in [-0.2, 0) is 11.3 Å². The van der Waals surface area contributed by atoms with Gasteiger partial charge >= 0.3 is 6.09 Å². The van der Waals surface area contributed by atoms with Crippen molar-refractivity contribution in [1.82, 2.24) is 15.6 Å². The van der Waals surface area contributed by atoms with E-state index in [9.17, 15) is 4.79 Å². The van der Waals surface area contributed by atoms with Crippen LogP contribution in [0.2, 0.25) is 0 Å². The summed E-state index contributed by atoms with van der Waals surface area (Å²) < 4.78 is 5.33. The van der Waals surface area contributed by atoms with E-state index in [2.05, 4.69) is 21.0 Å². The molecule has 1 aliphatic rings. The Morgan fingerprint density at radius 1 is 1.43 bits per heavy atom. The highest BCUT2D eigenvalue weighted by molar-refractivity contribution is 7.09. The Balaban J connectivity index is 1.81. The summed E-state index contributed by atoms with van der Waals surface area (Å²) in [4.78, 5) is 16.3. The third kappa shape index (κ3) is 5.28. The summed E-state index contributed by atoms with van der Waals surface area (Å²) >= 11 is 1.66. The van der Waals surface area contributed by atoms with Gasteiger partial charge in [-0.15, -0.1) is 11.3 Å². The lowest BCUT2D eigenvalue weighted by atomic mass is 10.1. The van der Waals surface area contributed by atoms with Crippen molar-refractivity contribution in [3.63, 3.8) is 0 Å². The molecular formula is C15H25N3O2S. The number of thiazole rings is 1. The first-order valence-corrected chi connectivity index (χ1v) is 8.35. The van der Waals surface area contributed by atoms with Crippen LogP contribution in [-0.4, -0.2) is 28.8 Å². The van der Waals surface area contributed by atoms with Crippen molar-refractivity contribution in [1.29, 1.82) is 0 Å². The smallest absolute Gasteiger partial charge is 0.407 e. The number of rotatable bonds is 4. The highest BCUT2D eigenvalue weighted by Crippen LogP contribution is 2.20. The summed E-state index contributed by atoms with van der Waals surface area (Å²) in [6, 6.07) is 0.430. The summed E-state index contributed by atoms with van der Waals surface area (Å²) in [5.74, 6) is 0. The molecule has 0 saturated heterocycles. The molecule has 1 aromatic rings. The summed E-state index contributed by atoms with van der Waals surface area (Å²) in [6.07, 6.45) is 2.86. The van der Waals surface area contributed by atoms with Crippen molar-refractivity contribution in [2.75, 3.05) is 0 Å². The molecule has 0 aliphatic heterocycles. The van der Waals surface area contributed by atoms with Gasteiger partial charge in [-0.05, 0) is 47.0 Å². The Bertz CT molecular complexity index is 482. The normalized spacial score (nSPS) is 22.3. The zero-order chi connectivity index (χ0) is 15.5. The van der Waals surface area contributed by atoms with Crippen LogP contribution < -0.4 is 10.6 Å². The maximum atomic E-state index is 11.9. The molecule has 2 atom stereocenters. The number of hydrogen-bond donors (Lipinski definition) is 2. The van der Waals surface area contributed by atoms with Crippen molar-refractivity contribution >= 4 is 17.4 Å². The van der Waals surface area contributed by atoms with Gasteiger partial charge in [0.1, 0.15) is 5.60 Å². The predicted molar refractivity (Wildman–Crippen MR) is 84.5 cm³/mol. The van der Waals surface area contributed by atoms with Gasteiger partial charge < -0.3 is 15.4 Å². The van der Waals surface area contributed by atoms with Gasteiger partial charge in [-0.3, -0.25) is 0 Å². The first-order valence-electron chi connectivity index (χ1n) is 7.47. The fraction of sp³-hybridized carbons (Fsp3) is 0.733. The molecular weight excluding hydrogens is 286 g/mol. The number of carbonyl (C=O) groups is 1. The van der Waals surface area contributed by atoms with Crippen molar-refractivity contribution in [3.8, 4) is 0 Å². The van der Waals surface area contributed by atoms with E-state index >= 15 is 0 Å². The van der Waals surface area contributed by atoms with E-state index in [1.54, 1.807) is 11.3 Å². The Kier molecular flexibility index (Phi) is 5.22. The van der Waals surface area contributed by atoms with Crippen LogP contribution in [0.25, 0.3) is 0 Å². The lowest BCUT2D eigenvalue weighted by Crippen LogP contribution is -2.47. The lowest BCUT2D eigenvalue weighted by molar-refractivity contribution is 0.0498. The van der Waals surface area contributed by atoms with E-state index in [0.29, 0.717) is 6.04 Å². The summed E-state index contributed by atoms with van der Waals surface area (Å²) in [5.41, 5.74) is 0.615. The zero-order valence-electron chi connectivity index (χ0n) is 13.2. The van der Waals surface area contributed by atoms with Gasteiger partial charge in [-0.1, -0.05) is 0 Å². The SMILES string of the molecule is Cc1nc(CNC2CCCC2NC(=O)OC(C)(C)C)cs1. The first kappa shape index (κ1) is 16.2. The van der Waals surface area contributed by atoms with Gasteiger partial charge in [0.15, 0.2) is 0 Å². The Morgan fingerprint density at radius 2 is 2.14 bits per heavy atom. The highest BCUT2D eigenvalue weighted by Gasteiger charge is 2.29. The van der Waals surface area contributed by atoms with Crippen molar-refractivity contribution in [2.45, 2.75) is 71.2 Å². The summed E-state index contributed by atoms with van der Waals surface area (Å²) in [6.45, 7) is 8.39. The van der Waals surface area contributed by atoms with Gasteiger partial charge in [0.2, 0.25) is 0 Å². The number of carbonyl (C=O) groups excluding carboxylic acids is 1. The standard InChI is InChI=1S/C15H25N3O2S/c1-10-17-11(9-21-10)8-16-12-6-5-7-13(12)18-14(19)20-15(2,3)4/h9,12-13,16H,5-8H2,1-4H3,(H,18,19). The van der Waals surface area contributed by atoms with E-state index in [1.165, 1.54) is 0 Å². The van der Waals surface area contributed by atoms with Crippen LogP contribution in [0, 0.1) is 6.92 Å². The third-order valence-corrected chi connectivity index (χ3v) is 4.25. The molecule has 1 amide bonds. The lowest BCUT2D eigenvalue weighted by Gasteiger charge is -2.25. The zero-order valence-corrected chi connectivity index (χ0v) is 14.0. The van der Waals surface area contributed by atoms with Gasteiger partial charge in [0, 0.05) is 24.0 Å². The van der Waals surface area contributed by atoms with Gasteiger partial charge in [-0.25, -0.2) is 9.78 Å². The average molecular weight is 311 g/mol. The topological polar surface area (TPSA) is 63.2 Å². The molecule has 21 heavy (non-hydrogen) atoms. The summed E-state index contributed by atoms with van der Waals surface area (Å²) in [7, 11) is 0. The molecule has 118 valence electrons. The number of hydrogen-bond acceptors (Lipinski definition) is 5. The molecule has 1 heterocycles. The van der Waals surface area contributed by atoms with Crippen LogP contribution in [0.4, 0.5) is 4.79 Å². The number of amides is 1. The monoisotopic (exact) mass is 311 g/mol. The Labute approximate surface area is 130 Å². The summed E-state index contributed by atoms with van der Waals surface area (Å²) in [5, 5.41) is 9.65. The molecule has 1 aliphatic carbocycles. The Hall–Kier alpha value is -1.14. The second-order valence-corrected chi connectivity index (χ2v) is 7.59. The molecule has 0 radical (unpaired) electrons. The minimum atomic E-state index is -0.455. The quantitative estimate of drug-likeness (QED) is 0.897. The number of alkyl carbamates (subject to hydrolysis) is 1. The molecule has 5 nitrogen and oxygen atoms in total. The van der Waals surface area contributed by atoms with E-state index in [0.717, 1.165) is 36.5 Å². The highest BCUT2D eigenvalue weighted by atomic mass is 32.1. The number of aryl methyl sites for hydroxylation is 1. The molecule has 0 aromatic carbocycles. The number of nitrogens with zero attached hydrogens (tertiary/aromatic N) is 1. The van der Waals surface area contributed by atoms with Crippen LogP contribution in [0.3, 0.4) is 0 Å². The molecule has 1 fully saturated rings. The van der Waals surface area contributed by atoms with Gasteiger partial charge in [-0.2, -0.15) is 0 Å². The average Bonchev–Trinajstić information content (AvgIpc) is 2.93. The molecule has 0 bridgehead atoms. The minimum Gasteiger partial charge on any atom is -0.444 e. The molecule has 2 unspecified atom stereocenters. The van der Waals surface area contributed by atoms with Crippen molar-refractivity contribution in [3.05, 3.63) is 16.1 Å². The van der Waals surface area contributed by atoms with Gasteiger partial charge in [0.05, 0.1) is 10.7 Å². The van der Waals surface area contributed by atoms with Crippen molar-refractivity contribution < 1.29 is 9.53 Å². The minimum absolute atomic E-state index is 0.139. The van der Waals surface area contributed by atoms with E-state index in [4.69, 9.17) is 4.74 Å². The van der Waals surface area contributed by atoms with Gasteiger partial charge in [0.25, 0.3) is 0 Å². The van der Waals surface area contributed by atoms with Crippen LogP contribution in [0.1, 0.15) is 50.7 Å². The third-order valence-electron chi connectivity index (χ3n) is 3.43. The molecule has 2 N–H and O–H groups in total. The Morgan fingerprint density at radius 3 is 2.76 bits per heavy atom. The molecule has 2 rings (SSSR count). The maximum absolute atomic E-state index is 11.9. The van der Waals surface area contributed by atoms with E-state index < -0.39 is 5.60 Å². The molecule has 1 aromatic heterocycles. The van der Waals surface area contributed by atoms with E-state index in [1.807, 2.05) is 27.7 Å². The molecule has 6 heteroatoms. The largest absolute Gasteiger partial charge is 0.444 e. The number of nitrogens with one attached hydrogen (secondary N) is 2. The van der Waals surface area contributed by atoms with Crippen molar-refractivity contribution in [2.24, 2.45) is 0 Å². The van der Waals surface area contributed by atoms with Crippen LogP contribution >= 0.6 is 11.3 Å². The predicted octanol–water partition coefficient (Wildman–Crippen LogP) is 2.99. The van der Waals surface area contributed by atoms with Crippen LogP contribution in [0.15, 0.2) is 5.38 Å². The number of aromatic nitrogens is 1. The van der Waals surface area contributed by atoms with Crippen LogP contribution in [0.5, 0.6) is 0 Å². The second kappa shape index (κ2) is 6.75. The van der Waals surface area contributed by atoms with E-state index in [-0.39, 0.29) is 12.1 Å². The second-order valence-electron chi connectivity index (χ2n) is 6.53. The first-order chi connectivity index (χ1) is 9.83. The maximum Gasteiger partial charge on any atom is 0.407 e. The fourth-order valence-corrected chi connectivity index (χ4v) is 3.17. The number of ether oxygens (including phenoxy) is 1. The molecule has 0 spiro atoms. The molecule has 1 saturated carbocycles. The fourth-order valence-electron chi connectivity index (χ4n) is 2.56.